The number of hydrogen-bond acceptors (Lipinski definition) is 4. The van der Waals surface area contributed by atoms with Gasteiger partial charge in [0.25, 0.3) is 0 Å². The average Bonchev–Trinajstić information content (AvgIpc) is 3.32. The fourth-order valence-electron chi connectivity index (χ4n) is 6.60. The van der Waals surface area contributed by atoms with E-state index < -0.39 is 8.07 Å². The monoisotopic (exact) mass is 598 g/mol. The predicted octanol–water partition coefficient (Wildman–Crippen LogP) is 9.54. The number of benzene rings is 2. The Morgan fingerprint density at radius 1 is 0.400 bits per heavy atom. The third-order valence-electron chi connectivity index (χ3n) is 8.69. The van der Waals surface area contributed by atoms with E-state index >= 15 is 0 Å². The minimum atomic E-state index is -2.47. The van der Waals surface area contributed by atoms with Crippen molar-refractivity contribution in [3.63, 3.8) is 0 Å². The van der Waals surface area contributed by atoms with Crippen molar-refractivity contribution in [1.29, 1.82) is 0 Å². The standard InChI is InChI=1S/C40H34N4Si/c1-27-15-5-7-17-29(27)37-38(30-18-8-6-16-28(30)2)40(36-24-14-22-34(44-36)32-20-10-12-26-42-32)45(3,4)39(37)35-23-13-21-33(43-35)31-19-9-11-25-41-31/h5-26H,1-4H3. The summed E-state index contributed by atoms with van der Waals surface area (Å²) >= 11 is 0. The summed E-state index contributed by atoms with van der Waals surface area (Å²) in [6.07, 6.45) is 3.65. The molecule has 0 aliphatic carbocycles. The summed E-state index contributed by atoms with van der Waals surface area (Å²) in [5.41, 5.74) is 12.9. The van der Waals surface area contributed by atoms with E-state index in [9.17, 15) is 0 Å². The van der Waals surface area contributed by atoms with Crippen molar-refractivity contribution in [2.45, 2.75) is 26.9 Å². The first-order valence-corrected chi connectivity index (χ1v) is 18.3. The Labute approximate surface area is 266 Å². The molecule has 5 heteroatoms. The molecule has 0 spiro atoms. The van der Waals surface area contributed by atoms with Gasteiger partial charge in [-0.05, 0) is 106 Å². The smallest absolute Gasteiger partial charge is 0.119 e. The topological polar surface area (TPSA) is 51.6 Å². The first-order valence-electron chi connectivity index (χ1n) is 15.3. The molecule has 5 heterocycles. The van der Waals surface area contributed by atoms with Gasteiger partial charge in [-0.15, -0.1) is 0 Å². The minimum absolute atomic E-state index is 0.868. The van der Waals surface area contributed by atoms with E-state index in [0.717, 1.165) is 34.2 Å². The zero-order valence-corrected chi connectivity index (χ0v) is 27.0. The normalized spacial score (nSPS) is 14.2. The number of hydrogen-bond donors (Lipinski definition) is 0. The first-order chi connectivity index (χ1) is 21.9. The van der Waals surface area contributed by atoms with E-state index in [0.29, 0.717) is 0 Å². The third kappa shape index (κ3) is 5.15. The summed E-state index contributed by atoms with van der Waals surface area (Å²) in [7, 11) is -2.47. The molecule has 4 aromatic heterocycles. The van der Waals surface area contributed by atoms with E-state index in [1.807, 2.05) is 48.8 Å². The van der Waals surface area contributed by atoms with Crippen LogP contribution in [0.5, 0.6) is 0 Å². The van der Waals surface area contributed by atoms with Crippen LogP contribution in [-0.4, -0.2) is 28.0 Å². The second kappa shape index (κ2) is 11.7. The van der Waals surface area contributed by atoms with Gasteiger partial charge in [0.2, 0.25) is 0 Å². The van der Waals surface area contributed by atoms with Gasteiger partial charge in [-0.2, -0.15) is 0 Å². The molecule has 1 aliphatic heterocycles. The van der Waals surface area contributed by atoms with Crippen LogP contribution in [0.3, 0.4) is 0 Å². The molecule has 4 nitrogen and oxygen atoms in total. The Morgan fingerprint density at radius 2 is 0.778 bits per heavy atom. The molecular formula is C40H34N4Si. The Balaban J connectivity index is 1.57. The molecule has 0 fully saturated rings. The molecule has 6 aromatic rings. The van der Waals surface area contributed by atoms with Crippen LogP contribution >= 0.6 is 0 Å². The number of aromatic nitrogens is 4. The van der Waals surface area contributed by atoms with Crippen LogP contribution in [-0.2, 0) is 0 Å². The highest BCUT2D eigenvalue weighted by molar-refractivity contribution is 7.13. The van der Waals surface area contributed by atoms with Gasteiger partial charge in [0, 0.05) is 12.4 Å². The fraction of sp³-hybridized carbons (Fsp3) is 0.100. The van der Waals surface area contributed by atoms with Crippen molar-refractivity contribution in [2.75, 3.05) is 0 Å². The molecule has 0 radical (unpaired) electrons. The Kier molecular flexibility index (Phi) is 7.40. The van der Waals surface area contributed by atoms with Crippen LogP contribution < -0.4 is 0 Å². The van der Waals surface area contributed by atoms with E-state index in [-0.39, 0.29) is 0 Å². The molecule has 0 bridgehead atoms. The Hall–Kier alpha value is -5.26. The lowest BCUT2D eigenvalue weighted by molar-refractivity contribution is 1.22. The van der Waals surface area contributed by atoms with Gasteiger partial charge < -0.3 is 0 Å². The molecule has 0 N–H and O–H groups in total. The van der Waals surface area contributed by atoms with Crippen molar-refractivity contribution < 1.29 is 0 Å². The summed E-state index contributed by atoms with van der Waals surface area (Å²) < 4.78 is 0. The highest BCUT2D eigenvalue weighted by atomic mass is 28.3. The molecule has 2 aromatic carbocycles. The SMILES string of the molecule is Cc1ccccc1C1=C(c2cccc(-c3ccccn3)n2)[Si](C)(C)C(c2cccc(-c3ccccn3)n2)=C1c1ccccc1C. The summed E-state index contributed by atoms with van der Waals surface area (Å²) in [4.78, 5) is 19.9. The highest BCUT2D eigenvalue weighted by Crippen LogP contribution is 2.56. The van der Waals surface area contributed by atoms with Crippen molar-refractivity contribution in [2.24, 2.45) is 0 Å². The number of nitrogens with zero attached hydrogens (tertiary/aromatic N) is 4. The van der Waals surface area contributed by atoms with Crippen LogP contribution in [0, 0.1) is 13.8 Å². The van der Waals surface area contributed by atoms with Gasteiger partial charge in [0.05, 0.1) is 34.2 Å². The van der Waals surface area contributed by atoms with E-state index in [2.05, 4.69) is 122 Å². The molecular weight excluding hydrogens is 565 g/mol. The summed E-state index contributed by atoms with van der Waals surface area (Å²) in [6.45, 7) is 9.32. The summed E-state index contributed by atoms with van der Waals surface area (Å²) in [5.74, 6) is 0. The van der Waals surface area contributed by atoms with Crippen LogP contribution in [0.4, 0.5) is 0 Å². The quantitative estimate of drug-likeness (QED) is 0.179. The third-order valence-corrected chi connectivity index (χ3v) is 12.2. The number of aryl methyl sites for hydroxylation is 2. The average molecular weight is 599 g/mol. The number of rotatable bonds is 6. The maximum Gasteiger partial charge on any atom is 0.119 e. The second-order valence-corrected chi connectivity index (χ2v) is 16.3. The van der Waals surface area contributed by atoms with Gasteiger partial charge in [0.1, 0.15) is 8.07 Å². The summed E-state index contributed by atoms with van der Waals surface area (Å²) in [5, 5.41) is 2.63. The molecule has 218 valence electrons. The first kappa shape index (κ1) is 28.5. The van der Waals surface area contributed by atoms with Crippen molar-refractivity contribution >= 4 is 29.6 Å². The molecule has 45 heavy (non-hydrogen) atoms. The molecule has 0 saturated heterocycles. The van der Waals surface area contributed by atoms with Crippen LogP contribution in [0.1, 0.15) is 33.6 Å². The molecule has 7 rings (SSSR count). The summed E-state index contributed by atoms with van der Waals surface area (Å²) in [6, 6.07) is 42.1. The lowest BCUT2D eigenvalue weighted by Gasteiger charge is -2.26. The Bertz CT molecular complexity index is 1950. The van der Waals surface area contributed by atoms with Gasteiger partial charge in [0.15, 0.2) is 0 Å². The second-order valence-electron chi connectivity index (χ2n) is 12.0. The molecule has 0 unspecified atom stereocenters. The maximum absolute atomic E-state index is 5.33. The van der Waals surface area contributed by atoms with Gasteiger partial charge in [-0.1, -0.05) is 85.9 Å². The van der Waals surface area contributed by atoms with Crippen molar-refractivity contribution in [1.82, 2.24) is 19.9 Å². The van der Waals surface area contributed by atoms with Crippen LogP contribution in [0.15, 0.2) is 134 Å². The fourth-order valence-corrected chi connectivity index (χ4v) is 10.2. The van der Waals surface area contributed by atoms with Crippen LogP contribution in [0.2, 0.25) is 13.1 Å². The van der Waals surface area contributed by atoms with Crippen molar-refractivity contribution in [3.05, 3.63) is 167 Å². The van der Waals surface area contributed by atoms with E-state index in [4.69, 9.17) is 9.97 Å². The number of allylic oxidation sites excluding steroid dienone is 2. The minimum Gasteiger partial charge on any atom is -0.255 e. The predicted molar refractivity (Wildman–Crippen MR) is 188 cm³/mol. The molecule has 0 atom stereocenters. The van der Waals surface area contributed by atoms with Crippen LogP contribution in [0.25, 0.3) is 44.3 Å². The lowest BCUT2D eigenvalue weighted by Crippen LogP contribution is -2.29. The number of pyridine rings is 4. The van der Waals surface area contributed by atoms with Crippen molar-refractivity contribution in [3.8, 4) is 22.8 Å². The largest absolute Gasteiger partial charge is 0.255 e. The lowest BCUT2D eigenvalue weighted by atomic mass is 9.86. The molecule has 0 amide bonds. The molecule has 1 aliphatic rings. The van der Waals surface area contributed by atoms with E-state index in [1.165, 1.54) is 43.8 Å². The maximum atomic E-state index is 5.33. The molecule has 0 saturated carbocycles. The zero-order valence-electron chi connectivity index (χ0n) is 26.0. The highest BCUT2D eigenvalue weighted by Gasteiger charge is 2.45. The van der Waals surface area contributed by atoms with E-state index in [1.54, 1.807) is 0 Å². The van der Waals surface area contributed by atoms with Gasteiger partial charge in [-0.25, -0.2) is 9.97 Å². The van der Waals surface area contributed by atoms with Gasteiger partial charge >= 0.3 is 0 Å². The van der Waals surface area contributed by atoms with Gasteiger partial charge in [-0.3, -0.25) is 9.97 Å². The Morgan fingerprint density at radius 3 is 1.18 bits per heavy atom. The zero-order chi connectivity index (χ0) is 31.0.